The minimum atomic E-state index is -0.152. The summed E-state index contributed by atoms with van der Waals surface area (Å²) in [7, 11) is 3.96. The van der Waals surface area contributed by atoms with Crippen LogP contribution in [0.4, 0.5) is 0 Å². The highest BCUT2D eigenvalue weighted by Gasteiger charge is 2.36. The van der Waals surface area contributed by atoms with E-state index in [1.54, 1.807) is 12.0 Å². The molecule has 7 nitrogen and oxygen atoms in total. The predicted octanol–water partition coefficient (Wildman–Crippen LogP) is -1.06. The van der Waals surface area contributed by atoms with E-state index < -0.39 is 0 Å². The number of aromatic nitrogens is 4. The van der Waals surface area contributed by atoms with Crippen LogP contribution < -0.4 is 14.5 Å². The van der Waals surface area contributed by atoms with E-state index in [-0.39, 0.29) is 11.6 Å². The third kappa shape index (κ3) is 3.82. The van der Waals surface area contributed by atoms with Crippen molar-refractivity contribution in [1.29, 1.82) is 0 Å². The number of ether oxygens (including phenoxy) is 1. The first-order chi connectivity index (χ1) is 11.9. The van der Waals surface area contributed by atoms with E-state index >= 15 is 0 Å². The smallest absolute Gasteiger partial charge is 0.214 e. The van der Waals surface area contributed by atoms with Crippen LogP contribution in [0.1, 0.15) is 38.2 Å². The molecule has 0 unspecified atom stereocenters. The Bertz CT molecular complexity index is 682. The molecule has 1 aliphatic heterocycles. The SMILES string of the molecule is COc1ccc([C@H](c2nnnn2C(C)(C)C)[NH+]2CC[NH+](C)CC2)cc1. The van der Waals surface area contributed by atoms with E-state index in [9.17, 15) is 0 Å². The second kappa shape index (κ2) is 7.09. The predicted molar refractivity (Wildman–Crippen MR) is 95.0 cm³/mol. The fourth-order valence-corrected chi connectivity index (χ4v) is 3.50. The van der Waals surface area contributed by atoms with Gasteiger partial charge in [0.1, 0.15) is 31.9 Å². The Kier molecular flexibility index (Phi) is 5.06. The number of rotatable bonds is 4. The van der Waals surface area contributed by atoms with Gasteiger partial charge in [0.25, 0.3) is 0 Å². The minimum absolute atomic E-state index is 0.133. The molecule has 0 spiro atoms. The molecular weight excluding hydrogens is 316 g/mol. The maximum Gasteiger partial charge on any atom is 0.214 e. The van der Waals surface area contributed by atoms with Crippen LogP contribution in [0.3, 0.4) is 0 Å². The van der Waals surface area contributed by atoms with Crippen molar-refractivity contribution in [3.63, 3.8) is 0 Å². The van der Waals surface area contributed by atoms with Crippen LogP contribution in [0.15, 0.2) is 24.3 Å². The van der Waals surface area contributed by atoms with Crippen molar-refractivity contribution >= 4 is 0 Å². The lowest BCUT2D eigenvalue weighted by Crippen LogP contribution is -3.27. The van der Waals surface area contributed by atoms with Crippen LogP contribution in [-0.4, -0.2) is 60.5 Å². The highest BCUT2D eigenvalue weighted by atomic mass is 16.5. The molecule has 0 aliphatic carbocycles. The molecule has 0 saturated carbocycles. The van der Waals surface area contributed by atoms with Crippen LogP contribution >= 0.6 is 0 Å². The Morgan fingerprint density at radius 2 is 1.72 bits per heavy atom. The Morgan fingerprint density at radius 1 is 1.08 bits per heavy atom. The number of methoxy groups -OCH3 is 1. The average molecular weight is 346 g/mol. The number of quaternary nitrogens is 2. The maximum absolute atomic E-state index is 5.32. The molecule has 3 rings (SSSR count). The second-order valence-electron chi connectivity index (χ2n) is 7.94. The summed E-state index contributed by atoms with van der Waals surface area (Å²) >= 11 is 0. The maximum atomic E-state index is 5.32. The first kappa shape index (κ1) is 17.8. The van der Waals surface area contributed by atoms with E-state index in [1.165, 1.54) is 23.6 Å². The summed E-state index contributed by atoms with van der Waals surface area (Å²) in [6.45, 7) is 11.0. The van der Waals surface area contributed by atoms with E-state index in [1.807, 2.05) is 16.8 Å². The highest BCUT2D eigenvalue weighted by Crippen LogP contribution is 2.23. The van der Waals surface area contributed by atoms with Gasteiger partial charge in [0.2, 0.25) is 5.82 Å². The van der Waals surface area contributed by atoms with Crippen molar-refractivity contribution in [2.24, 2.45) is 0 Å². The molecule has 1 aliphatic rings. The molecule has 0 radical (unpaired) electrons. The molecule has 2 heterocycles. The molecule has 1 atom stereocenters. The number of tetrazole rings is 1. The van der Waals surface area contributed by atoms with Gasteiger partial charge in [-0.05, 0) is 55.5 Å². The fraction of sp³-hybridized carbons (Fsp3) is 0.611. The van der Waals surface area contributed by atoms with Crippen LogP contribution in [0.5, 0.6) is 5.75 Å². The van der Waals surface area contributed by atoms with E-state index in [0.717, 1.165) is 24.7 Å². The molecule has 136 valence electrons. The van der Waals surface area contributed by atoms with Crippen molar-refractivity contribution in [3.8, 4) is 5.75 Å². The zero-order valence-electron chi connectivity index (χ0n) is 15.9. The molecule has 1 aromatic carbocycles. The first-order valence-electron chi connectivity index (χ1n) is 8.98. The lowest BCUT2D eigenvalue weighted by molar-refractivity contribution is -1.02. The van der Waals surface area contributed by atoms with E-state index in [0.29, 0.717) is 0 Å². The molecule has 1 fully saturated rings. The minimum Gasteiger partial charge on any atom is -0.497 e. The zero-order chi connectivity index (χ0) is 18.0. The van der Waals surface area contributed by atoms with E-state index in [2.05, 4.69) is 55.5 Å². The molecule has 2 aromatic rings. The third-order valence-corrected chi connectivity index (χ3v) is 4.99. The summed E-state index contributed by atoms with van der Waals surface area (Å²) in [6.07, 6.45) is 0. The quantitative estimate of drug-likeness (QED) is 0.741. The monoisotopic (exact) mass is 346 g/mol. The lowest BCUT2D eigenvalue weighted by Gasteiger charge is -2.34. The lowest BCUT2D eigenvalue weighted by atomic mass is 10.0. The second-order valence-corrected chi connectivity index (χ2v) is 7.94. The summed E-state index contributed by atoms with van der Waals surface area (Å²) < 4.78 is 7.29. The molecule has 1 saturated heterocycles. The number of nitrogens with zero attached hydrogens (tertiary/aromatic N) is 4. The van der Waals surface area contributed by atoms with Gasteiger partial charge in [-0.3, -0.25) is 0 Å². The molecule has 7 heteroatoms. The number of benzene rings is 1. The number of likely N-dealkylation sites (N-methyl/N-ethyl adjacent to an activating group) is 1. The Hall–Kier alpha value is -1.99. The van der Waals surface area contributed by atoms with Crippen LogP contribution in [0, 0.1) is 0 Å². The number of hydrogen-bond donors (Lipinski definition) is 2. The third-order valence-electron chi connectivity index (χ3n) is 4.99. The Balaban J connectivity index is 2.01. The molecule has 25 heavy (non-hydrogen) atoms. The number of hydrogen-bond acceptors (Lipinski definition) is 4. The zero-order valence-corrected chi connectivity index (χ0v) is 15.9. The Morgan fingerprint density at radius 3 is 2.28 bits per heavy atom. The summed E-state index contributed by atoms with van der Waals surface area (Å²) in [5.41, 5.74) is 1.08. The average Bonchev–Trinajstić information content (AvgIpc) is 3.07. The van der Waals surface area contributed by atoms with Crippen molar-refractivity contribution in [3.05, 3.63) is 35.7 Å². The normalized spacial score (nSPS) is 22.6. The van der Waals surface area contributed by atoms with Crippen LogP contribution in [0.25, 0.3) is 0 Å². The summed E-state index contributed by atoms with van der Waals surface area (Å²) in [4.78, 5) is 3.11. The molecule has 2 N–H and O–H groups in total. The topological polar surface area (TPSA) is 61.7 Å². The highest BCUT2D eigenvalue weighted by molar-refractivity contribution is 5.30. The standard InChI is InChI=1S/C18H28N6O/c1-18(2,3)24-17(19-20-21-24)16(23-12-10-22(4)11-13-23)14-6-8-15(25-5)9-7-14/h6-9,16H,10-13H2,1-5H3/p+2/t16-/m1/s1. The number of piperazine rings is 1. The van der Waals surface area contributed by atoms with Gasteiger partial charge in [0.15, 0.2) is 6.04 Å². The van der Waals surface area contributed by atoms with Crippen molar-refractivity contribution in [2.45, 2.75) is 32.4 Å². The van der Waals surface area contributed by atoms with Gasteiger partial charge >= 0.3 is 0 Å². The van der Waals surface area contributed by atoms with Crippen molar-refractivity contribution in [1.82, 2.24) is 20.2 Å². The van der Waals surface area contributed by atoms with Gasteiger partial charge in [-0.15, -0.1) is 5.10 Å². The number of nitrogens with one attached hydrogen (secondary N) is 2. The van der Waals surface area contributed by atoms with Gasteiger partial charge in [0.05, 0.1) is 19.7 Å². The summed E-state index contributed by atoms with van der Waals surface area (Å²) in [5, 5.41) is 12.7. The van der Waals surface area contributed by atoms with Crippen molar-refractivity contribution in [2.75, 3.05) is 40.3 Å². The van der Waals surface area contributed by atoms with E-state index in [4.69, 9.17) is 4.74 Å². The van der Waals surface area contributed by atoms with Gasteiger partial charge in [-0.2, -0.15) is 0 Å². The Labute approximate surface area is 149 Å². The first-order valence-corrected chi connectivity index (χ1v) is 8.98. The summed E-state index contributed by atoms with van der Waals surface area (Å²) in [6, 6.07) is 8.46. The molecule has 0 bridgehead atoms. The van der Waals surface area contributed by atoms with Gasteiger partial charge in [-0.1, -0.05) is 0 Å². The molecule has 0 amide bonds. The largest absolute Gasteiger partial charge is 0.497 e. The molecular formula is C18H30N6O+2. The summed E-state index contributed by atoms with van der Waals surface area (Å²) in [5.74, 6) is 1.81. The van der Waals surface area contributed by atoms with Gasteiger partial charge in [0, 0.05) is 5.56 Å². The van der Waals surface area contributed by atoms with Crippen LogP contribution in [-0.2, 0) is 5.54 Å². The van der Waals surface area contributed by atoms with Gasteiger partial charge < -0.3 is 14.5 Å². The van der Waals surface area contributed by atoms with Gasteiger partial charge in [-0.25, -0.2) is 4.68 Å². The fourth-order valence-electron chi connectivity index (χ4n) is 3.50. The molecule has 1 aromatic heterocycles. The van der Waals surface area contributed by atoms with Crippen molar-refractivity contribution < 1.29 is 14.5 Å². The van der Waals surface area contributed by atoms with Crippen LogP contribution in [0.2, 0.25) is 0 Å².